The van der Waals surface area contributed by atoms with Gasteiger partial charge in [0.15, 0.2) is 0 Å². The first kappa shape index (κ1) is 16.7. The van der Waals surface area contributed by atoms with E-state index in [1.54, 1.807) is 6.20 Å². The first-order valence-electron chi connectivity index (χ1n) is 9.04. The smallest absolute Gasteiger partial charge is 0.134 e. The Morgan fingerprint density at radius 2 is 2.15 bits per heavy atom. The predicted molar refractivity (Wildman–Crippen MR) is 102 cm³/mol. The van der Waals surface area contributed by atoms with Gasteiger partial charge in [-0.15, -0.1) is 0 Å². The number of hydrogen-bond acceptors (Lipinski definition) is 5. The largest absolute Gasteiger partial charge is 0.337 e. The summed E-state index contributed by atoms with van der Waals surface area (Å²) in [7, 11) is 2.05. The van der Waals surface area contributed by atoms with Crippen LogP contribution in [0.2, 0.25) is 0 Å². The fourth-order valence-corrected chi connectivity index (χ4v) is 3.60. The summed E-state index contributed by atoms with van der Waals surface area (Å²) in [6, 6.07) is 8.69. The molecule has 6 heteroatoms. The lowest BCUT2D eigenvalue weighted by Crippen LogP contribution is -2.24. The number of aromatic nitrogens is 4. The van der Waals surface area contributed by atoms with E-state index in [0.29, 0.717) is 6.04 Å². The van der Waals surface area contributed by atoms with Crippen molar-refractivity contribution in [2.45, 2.75) is 32.4 Å². The van der Waals surface area contributed by atoms with Crippen molar-refractivity contribution < 1.29 is 0 Å². The molecule has 0 spiro atoms. The van der Waals surface area contributed by atoms with E-state index in [1.807, 2.05) is 37.8 Å². The van der Waals surface area contributed by atoms with Gasteiger partial charge in [-0.25, -0.2) is 15.0 Å². The zero-order valence-corrected chi connectivity index (χ0v) is 15.3. The lowest BCUT2D eigenvalue weighted by Gasteiger charge is -2.25. The molecule has 1 N–H and O–H groups in total. The van der Waals surface area contributed by atoms with Gasteiger partial charge in [-0.3, -0.25) is 4.90 Å². The minimum atomic E-state index is 0.415. The molecular weight excluding hydrogens is 324 g/mol. The Morgan fingerprint density at radius 3 is 2.96 bits per heavy atom. The minimum absolute atomic E-state index is 0.415. The minimum Gasteiger partial charge on any atom is -0.337 e. The van der Waals surface area contributed by atoms with Gasteiger partial charge in [0.05, 0.1) is 12.0 Å². The molecule has 1 aliphatic heterocycles. The molecule has 0 bridgehead atoms. The first-order chi connectivity index (χ1) is 12.7. The third kappa shape index (κ3) is 3.46. The number of pyridine rings is 2. The zero-order valence-electron chi connectivity index (χ0n) is 15.3. The highest BCUT2D eigenvalue weighted by Gasteiger charge is 2.27. The van der Waals surface area contributed by atoms with Crippen molar-refractivity contribution in [1.82, 2.24) is 24.4 Å². The Bertz CT molecular complexity index is 887. The number of anilines is 2. The standard InChI is InChI=1S/C20H24N6/c1-15-5-3-8-23-20(15)24-19-11-16(7-9-22-19)18-6-4-10-26(18)13-17-12-21-14-25(17)2/h3,5,7-9,11-12,14,18H,4,6,10,13H2,1-2H3,(H,22,23,24)/t18-/m1/s1. The summed E-state index contributed by atoms with van der Waals surface area (Å²) in [5, 5.41) is 3.35. The van der Waals surface area contributed by atoms with Crippen molar-refractivity contribution in [2.24, 2.45) is 7.05 Å². The average molecular weight is 348 g/mol. The number of hydrogen-bond donors (Lipinski definition) is 1. The highest BCUT2D eigenvalue weighted by Crippen LogP contribution is 2.34. The van der Waals surface area contributed by atoms with Crippen LogP contribution >= 0.6 is 0 Å². The Morgan fingerprint density at radius 1 is 1.23 bits per heavy atom. The van der Waals surface area contributed by atoms with Crippen LogP contribution in [0.15, 0.2) is 49.2 Å². The van der Waals surface area contributed by atoms with Crippen molar-refractivity contribution in [3.05, 3.63) is 66.0 Å². The highest BCUT2D eigenvalue weighted by molar-refractivity contribution is 5.56. The molecule has 0 aromatic carbocycles. The Balaban J connectivity index is 1.53. The summed E-state index contributed by atoms with van der Waals surface area (Å²) in [6.45, 7) is 4.08. The number of imidazole rings is 1. The second kappa shape index (κ2) is 7.25. The molecule has 6 nitrogen and oxygen atoms in total. The van der Waals surface area contributed by atoms with Gasteiger partial charge in [-0.05, 0) is 55.6 Å². The fourth-order valence-electron chi connectivity index (χ4n) is 3.60. The highest BCUT2D eigenvalue weighted by atomic mass is 15.2. The summed E-state index contributed by atoms with van der Waals surface area (Å²) < 4.78 is 2.10. The van der Waals surface area contributed by atoms with E-state index in [2.05, 4.69) is 48.9 Å². The van der Waals surface area contributed by atoms with Gasteiger partial charge in [-0.1, -0.05) is 6.07 Å². The van der Waals surface area contributed by atoms with Gasteiger partial charge in [0, 0.05) is 38.2 Å². The van der Waals surface area contributed by atoms with Crippen molar-refractivity contribution in [3.8, 4) is 0 Å². The predicted octanol–water partition coefficient (Wildman–Crippen LogP) is 3.60. The van der Waals surface area contributed by atoms with Crippen LogP contribution in [0.4, 0.5) is 11.6 Å². The maximum Gasteiger partial charge on any atom is 0.134 e. The van der Waals surface area contributed by atoms with Crippen LogP contribution in [0.5, 0.6) is 0 Å². The summed E-state index contributed by atoms with van der Waals surface area (Å²) >= 11 is 0. The first-order valence-corrected chi connectivity index (χ1v) is 9.04. The van der Waals surface area contributed by atoms with E-state index >= 15 is 0 Å². The van der Waals surface area contributed by atoms with Crippen LogP contribution in [-0.4, -0.2) is 31.0 Å². The van der Waals surface area contributed by atoms with Crippen molar-refractivity contribution >= 4 is 11.6 Å². The van der Waals surface area contributed by atoms with E-state index in [1.165, 1.54) is 24.1 Å². The molecular formula is C20H24N6. The second-order valence-electron chi connectivity index (χ2n) is 6.89. The van der Waals surface area contributed by atoms with Gasteiger partial charge < -0.3 is 9.88 Å². The molecule has 0 amide bonds. The van der Waals surface area contributed by atoms with Crippen LogP contribution < -0.4 is 5.32 Å². The van der Waals surface area contributed by atoms with Gasteiger partial charge >= 0.3 is 0 Å². The molecule has 134 valence electrons. The molecule has 26 heavy (non-hydrogen) atoms. The molecule has 0 radical (unpaired) electrons. The Kier molecular flexibility index (Phi) is 4.67. The number of nitrogens with zero attached hydrogens (tertiary/aromatic N) is 5. The topological polar surface area (TPSA) is 58.9 Å². The lowest BCUT2D eigenvalue weighted by atomic mass is 10.1. The monoisotopic (exact) mass is 348 g/mol. The molecule has 4 rings (SSSR count). The number of aryl methyl sites for hydroxylation is 2. The maximum atomic E-state index is 4.48. The number of nitrogens with one attached hydrogen (secondary N) is 1. The summed E-state index contributed by atoms with van der Waals surface area (Å²) in [5.41, 5.74) is 3.66. The molecule has 0 aliphatic carbocycles. The normalized spacial score (nSPS) is 17.5. The molecule has 1 atom stereocenters. The molecule has 1 fully saturated rings. The van der Waals surface area contributed by atoms with Crippen molar-refractivity contribution in [1.29, 1.82) is 0 Å². The van der Waals surface area contributed by atoms with E-state index in [9.17, 15) is 0 Å². The Hall–Kier alpha value is -2.73. The molecule has 4 heterocycles. The van der Waals surface area contributed by atoms with E-state index in [4.69, 9.17) is 0 Å². The van der Waals surface area contributed by atoms with Crippen LogP contribution in [-0.2, 0) is 13.6 Å². The second-order valence-corrected chi connectivity index (χ2v) is 6.89. The fraction of sp³-hybridized carbons (Fsp3) is 0.350. The van der Waals surface area contributed by atoms with Crippen LogP contribution in [0.3, 0.4) is 0 Å². The van der Waals surface area contributed by atoms with Crippen molar-refractivity contribution in [2.75, 3.05) is 11.9 Å². The van der Waals surface area contributed by atoms with E-state index < -0.39 is 0 Å². The lowest BCUT2D eigenvalue weighted by molar-refractivity contribution is 0.243. The zero-order chi connectivity index (χ0) is 17.9. The van der Waals surface area contributed by atoms with Crippen LogP contribution in [0.25, 0.3) is 0 Å². The van der Waals surface area contributed by atoms with Gasteiger partial charge in [0.2, 0.25) is 0 Å². The SMILES string of the molecule is Cc1cccnc1Nc1cc([C@H]2CCCN2Cc2cncn2C)ccn1. The van der Waals surface area contributed by atoms with E-state index in [-0.39, 0.29) is 0 Å². The van der Waals surface area contributed by atoms with Crippen LogP contribution in [0, 0.1) is 6.92 Å². The number of likely N-dealkylation sites (tertiary alicyclic amines) is 1. The van der Waals surface area contributed by atoms with Gasteiger partial charge in [0.25, 0.3) is 0 Å². The number of rotatable bonds is 5. The van der Waals surface area contributed by atoms with E-state index in [0.717, 1.165) is 30.3 Å². The summed E-state index contributed by atoms with van der Waals surface area (Å²) in [6.07, 6.45) is 9.89. The molecule has 1 aliphatic rings. The molecule has 1 saturated heterocycles. The van der Waals surface area contributed by atoms with Gasteiger partial charge in [0.1, 0.15) is 11.6 Å². The molecule has 0 saturated carbocycles. The van der Waals surface area contributed by atoms with Gasteiger partial charge in [-0.2, -0.15) is 0 Å². The molecule has 3 aromatic heterocycles. The molecule has 3 aromatic rings. The summed E-state index contributed by atoms with van der Waals surface area (Å²) in [5.74, 6) is 1.70. The Labute approximate surface area is 153 Å². The van der Waals surface area contributed by atoms with Crippen molar-refractivity contribution in [3.63, 3.8) is 0 Å². The summed E-state index contributed by atoms with van der Waals surface area (Å²) in [4.78, 5) is 15.7. The van der Waals surface area contributed by atoms with Crippen LogP contribution in [0.1, 0.15) is 35.7 Å². The third-order valence-corrected chi connectivity index (χ3v) is 5.07. The molecule has 0 unspecified atom stereocenters. The average Bonchev–Trinajstić information content (AvgIpc) is 3.27. The third-order valence-electron chi connectivity index (χ3n) is 5.07. The maximum absolute atomic E-state index is 4.48. The quantitative estimate of drug-likeness (QED) is 0.763.